The molecule has 1 unspecified atom stereocenters. The van der Waals surface area contributed by atoms with Crippen molar-refractivity contribution in [2.45, 2.75) is 26.8 Å². The highest BCUT2D eigenvalue weighted by Gasteiger charge is 2.19. The lowest BCUT2D eigenvalue weighted by molar-refractivity contribution is 0.0707. The number of hydrogen-bond acceptors (Lipinski definition) is 2. The van der Waals surface area contributed by atoms with Crippen LogP contribution in [-0.2, 0) is 0 Å². The van der Waals surface area contributed by atoms with E-state index in [4.69, 9.17) is 5.26 Å². The van der Waals surface area contributed by atoms with Crippen LogP contribution in [0.25, 0.3) is 0 Å². The Balaban J connectivity index is 2.86. The summed E-state index contributed by atoms with van der Waals surface area (Å²) >= 11 is 0. The highest BCUT2D eigenvalue weighted by Crippen LogP contribution is 2.13. The van der Waals surface area contributed by atoms with Gasteiger partial charge in [0, 0.05) is 18.7 Å². The fourth-order valence-electron chi connectivity index (χ4n) is 1.52. The van der Waals surface area contributed by atoms with Crippen LogP contribution in [-0.4, -0.2) is 23.9 Å². The zero-order valence-corrected chi connectivity index (χ0v) is 10.8. The number of benzene rings is 1. The van der Waals surface area contributed by atoms with Crippen LogP contribution in [0.3, 0.4) is 0 Å². The molecule has 1 aromatic carbocycles. The van der Waals surface area contributed by atoms with Crippen molar-refractivity contribution in [3.63, 3.8) is 0 Å². The van der Waals surface area contributed by atoms with E-state index in [1.165, 1.54) is 0 Å². The van der Waals surface area contributed by atoms with E-state index in [0.29, 0.717) is 17.0 Å². The number of carbonyl (C=O) groups is 1. The van der Waals surface area contributed by atoms with Crippen molar-refractivity contribution in [1.82, 2.24) is 4.90 Å². The summed E-state index contributed by atoms with van der Waals surface area (Å²) in [6.45, 7) is 6.21. The van der Waals surface area contributed by atoms with Crippen molar-refractivity contribution < 1.29 is 4.79 Å². The molecule has 1 rings (SSSR count). The van der Waals surface area contributed by atoms with E-state index < -0.39 is 0 Å². The molecule has 3 heteroatoms. The van der Waals surface area contributed by atoms with E-state index in [1.807, 2.05) is 20.0 Å². The largest absolute Gasteiger partial charge is 0.339 e. The molecule has 0 aliphatic rings. The van der Waals surface area contributed by atoms with E-state index >= 15 is 0 Å². The third kappa shape index (κ3) is 3.07. The fourth-order valence-corrected chi connectivity index (χ4v) is 1.52. The van der Waals surface area contributed by atoms with Gasteiger partial charge in [-0.05, 0) is 37.1 Å². The minimum atomic E-state index is -0.00399. The summed E-state index contributed by atoms with van der Waals surface area (Å²) < 4.78 is 0. The van der Waals surface area contributed by atoms with Gasteiger partial charge < -0.3 is 4.90 Å². The summed E-state index contributed by atoms with van der Waals surface area (Å²) in [6.07, 6.45) is 0. The van der Waals surface area contributed by atoms with Crippen molar-refractivity contribution in [2.75, 3.05) is 7.05 Å². The van der Waals surface area contributed by atoms with E-state index in [-0.39, 0.29) is 11.9 Å². The first-order valence-corrected chi connectivity index (χ1v) is 5.74. The monoisotopic (exact) mass is 230 g/mol. The predicted molar refractivity (Wildman–Crippen MR) is 67.6 cm³/mol. The Morgan fingerprint density at radius 3 is 2.18 bits per heavy atom. The summed E-state index contributed by atoms with van der Waals surface area (Å²) in [7, 11) is 1.81. The molecule has 1 atom stereocenters. The van der Waals surface area contributed by atoms with Gasteiger partial charge in [0.2, 0.25) is 0 Å². The van der Waals surface area contributed by atoms with Crippen molar-refractivity contribution in [3.05, 3.63) is 35.4 Å². The molecule has 0 aliphatic carbocycles. The summed E-state index contributed by atoms with van der Waals surface area (Å²) in [5.41, 5.74) is 1.19. The van der Waals surface area contributed by atoms with Gasteiger partial charge in [0.05, 0.1) is 11.6 Å². The molecule has 0 bridgehead atoms. The molecule has 0 aliphatic heterocycles. The fraction of sp³-hybridized carbons (Fsp3) is 0.429. The molecule has 0 fully saturated rings. The van der Waals surface area contributed by atoms with Crippen LogP contribution >= 0.6 is 0 Å². The maximum absolute atomic E-state index is 12.1. The van der Waals surface area contributed by atoms with Crippen LogP contribution in [0.1, 0.15) is 36.7 Å². The third-order valence-corrected chi connectivity index (χ3v) is 3.16. The van der Waals surface area contributed by atoms with Crippen LogP contribution in [0.5, 0.6) is 0 Å². The van der Waals surface area contributed by atoms with E-state index in [1.54, 1.807) is 29.2 Å². The van der Waals surface area contributed by atoms with Gasteiger partial charge in [0.25, 0.3) is 5.91 Å². The van der Waals surface area contributed by atoms with Crippen molar-refractivity contribution in [1.29, 1.82) is 5.26 Å². The maximum atomic E-state index is 12.1. The molecule has 1 aromatic rings. The molecular formula is C14H18N2O. The van der Waals surface area contributed by atoms with Crippen LogP contribution in [0.2, 0.25) is 0 Å². The molecule has 0 saturated heterocycles. The summed E-state index contributed by atoms with van der Waals surface area (Å²) in [5, 5.41) is 8.69. The Labute approximate surface area is 103 Å². The van der Waals surface area contributed by atoms with Gasteiger partial charge in [-0.3, -0.25) is 4.79 Å². The minimum absolute atomic E-state index is 0.00399. The van der Waals surface area contributed by atoms with Gasteiger partial charge in [-0.2, -0.15) is 5.26 Å². The van der Waals surface area contributed by atoms with Crippen LogP contribution in [0.15, 0.2) is 24.3 Å². The number of amides is 1. The molecule has 17 heavy (non-hydrogen) atoms. The van der Waals surface area contributed by atoms with Crippen LogP contribution in [0.4, 0.5) is 0 Å². The molecule has 1 amide bonds. The van der Waals surface area contributed by atoms with Crippen LogP contribution in [0, 0.1) is 17.2 Å². The zero-order valence-electron chi connectivity index (χ0n) is 10.8. The van der Waals surface area contributed by atoms with Gasteiger partial charge >= 0.3 is 0 Å². The first kappa shape index (κ1) is 13.2. The normalized spacial score (nSPS) is 12.0. The predicted octanol–water partition coefficient (Wildman–Crippen LogP) is 2.67. The SMILES string of the molecule is CC(C)C(C)N(C)C(=O)c1ccc(C#N)cc1. The molecule has 3 nitrogen and oxygen atoms in total. The van der Waals surface area contributed by atoms with Crippen LogP contribution < -0.4 is 0 Å². The Hall–Kier alpha value is -1.82. The lowest BCUT2D eigenvalue weighted by Gasteiger charge is -2.28. The van der Waals surface area contributed by atoms with Gasteiger partial charge in [-0.15, -0.1) is 0 Å². The lowest BCUT2D eigenvalue weighted by Crippen LogP contribution is -2.38. The molecule has 90 valence electrons. The van der Waals surface area contributed by atoms with Gasteiger partial charge in [-0.1, -0.05) is 13.8 Å². The highest BCUT2D eigenvalue weighted by molar-refractivity contribution is 5.94. The van der Waals surface area contributed by atoms with E-state index in [9.17, 15) is 4.79 Å². The number of carbonyl (C=O) groups excluding carboxylic acids is 1. The second-order valence-corrected chi connectivity index (χ2v) is 4.59. The first-order valence-electron chi connectivity index (χ1n) is 5.74. The molecule has 0 aromatic heterocycles. The molecular weight excluding hydrogens is 212 g/mol. The number of hydrogen-bond donors (Lipinski definition) is 0. The number of nitriles is 1. The Bertz CT molecular complexity index is 429. The average molecular weight is 230 g/mol. The first-order chi connectivity index (χ1) is 7.97. The maximum Gasteiger partial charge on any atom is 0.253 e. The summed E-state index contributed by atoms with van der Waals surface area (Å²) in [5.74, 6) is 0.415. The lowest BCUT2D eigenvalue weighted by atomic mass is 10.0. The summed E-state index contributed by atoms with van der Waals surface area (Å²) in [6, 6.07) is 8.96. The molecule has 0 radical (unpaired) electrons. The van der Waals surface area contributed by atoms with Crippen molar-refractivity contribution in [3.8, 4) is 6.07 Å². The van der Waals surface area contributed by atoms with Gasteiger partial charge in [-0.25, -0.2) is 0 Å². The van der Waals surface area contributed by atoms with Crippen molar-refractivity contribution >= 4 is 5.91 Å². The van der Waals surface area contributed by atoms with Crippen molar-refractivity contribution in [2.24, 2.45) is 5.92 Å². The quantitative estimate of drug-likeness (QED) is 0.801. The zero-order chi connectivity index (χ0) is 13.0. The second-order valence-electron chi connectivity index (χ2n) is 4.59. The molecule has 0 heterocycles. The number of nitrogens with zero attached hydrogens (tertiary/aromatic N) is 2. The smallest absolute Gasteiger partial charge is 0.253 e. The minimum Gasteiger partial charge on any atom is -0.339 e. The Morgan fingerprint density at radius 2 is 1.76 bits per heavy atom. The second kappa shape index (κ2) is 5.49. The molecule has 0 saturated carbocycles. The Morgan fingerprint density at radius 1 is 1.24 bits per heavy atom. The Kier molecular flexibility index (Phi) is 4.28. The highest BCUT2D eigenvalue weighted by atomic mass is 16.2. The molecule has 0 N–H and O–H groups in total. The summed E-state index contributed by atoms with van der Waals surface area (Å²) in [4.78, 5) is 13.9. The van der Waals surface area contributed by atoms with E-state index in [2.05, 4.69) is 13.8 Å². The topological polar surface area (TPSA) is 44.1 Å². The number of rotatable bonds is 3. The molecule has 0 spiro atoms. The van der Waals surface area contributed by atoms with Gasteiger partial charge in [0.15, 0.2) is 0 Å². The van der Waals surface area contributed by atoms with E-state index in [0.717, 1.165) is 0 Å². The standard InChI is InChI=1S/C14H18N2O/c1-10(2)11(3)16(4)14(17)13-7-5-12(9-15)6-8-13/h5-8,10-11H,1-4H3. The van der Waals surface area contributed by atoms with Gasteiger partial charge in [0.1, 0.15) is 0 Å². The average Bonchev–Trinajstić information content (AvgIpc) is 2.36. The third-order valence-electron chi connectivity index (χ3n) is 3.16.